The van der Waals surface area contributed by atoms with Crippen molar-refractivity contribution < 1.29 is 14.6 Å². The van der Waals surface area contributed by atoms with Crippen molar-refractivity contribution in [3.05, 3.63) is 58.7 Å². The maximum absolute atomic E-state index is 10.9. The first-order valence-corrected chi connectivity index (χ1v) is 12.2. The molecule has 0 saturated carbocycles. The fourth-order valence-electron chi connectivity index (χ4n) is 3.65. The number of aliphatic carboxylic acids is 1. The highest BCUT2D eigenvalue weighted by molar-refractivity contribution is 7.07. The molecule has 184 valence electrons. The lowest BCUT2D eigenvalue weighted by Crippen LogP contribution is -2.20. The summed E-state index contributed by atoms with van der Waals surface area (Å²) in [5.74, 6) is 0.805. The molecule has 1 unspecified atom stereocenters. The predicted octanol–water partition coefficient (Wildman–Crippen LogP) is 6.50. The number of carboxylic acids is 1. The van der Waals surface area contributed by atoms with Gasteiger partial charge in [0.1, 0.15) is 5.75 Å². The number of hydrogen-bond donors (Lipinski definition) is 1. The summed E-state index contributed by atoms with van der Waals surface area (Å²) in [6.45, 7) is 10.5. The standard InChI is InChI=1S/C26H33N3O3S.ClH/c1-6-29(5)13-12-21-14-19(4)23(15-18(21)3)32-26-27-25(28-33-26)22-9-7-8-20(16-22)17(2)10-11-24(30)31;/h7-9,14-17H,6,10-13H2,1-5H3,(H,30,31);1H. The van der Waals surface area contributed by atoms with Crippen LogP contribution in [0, 0.1) is 13.8 Å². The number of benzene rings is 2. The topological polar surface area (TPSA) is 75.5 Å². The number of nitrogens with zero attached hydrogens (tertiary/aromatic N) is 3. The van der Waals surface area contributed by atoms with Crippen LogP contribution in [0.15, 0.2) is 36.4 Å². The van der Waals surface area contributed by atoms with Gasteiger partial charge in [-0.05, 0) is 80.6 Å². The summed E-state index contributed by atoms with van der Waals surface area (Å²) < 4.78 is 10.6. The van der Waals surface area contributed by atoms with Crippen molar-refractivity contribution in [2.24, 2.45) is 0 Å². The average Bonchev–Trinajstić information content (AvgIpc) is 3.27. The SMILES string of the molecule is CCN(C)CCc1cc(C)c(Oc2nc(-c3cccc(C(C)CCC(=O)O)c3)ns2)cc1C.Cl. The van der Waals surface area contributed by atoms with Gasteiger partial charge < -0.3 is 14.7 Å². The predicted molar refractivity (Wildman–Crippen MR) is 141 cm³/mol. The Balaban J connectivity index is 0.00000408. The number of halogens is 1. The molecular weight excluding hydrogens is 470 g/mol. The highest BCUT2D eigenvalue weighted by atomic mass is 35.5. The normalized spacial score (nSPS) is 11.8. The molecule has 1 heterocycles. The zero-order valence-electron chi connectivity index (χ0n) is 20.5. The van der Waals surface area contributed by atoms with Crippen molar-refractivity contribution in [2.75, 3.05) is 20.1 Å². The molecule has 0 aliphatic carbocycles. The van der Waals surface area contributed by atoms with Gasteiger partial charge in [0.2, 0.25) is 0 Å². The summed E-state index contributed by atoms with van der Waals surface area (Å²) in [6.07, 6.45) is 1.77. The summed E-state index contributed by atoms with van der Waals surface area (Å²) >= 11 is 1.24. The lowest BCUT2D eigenvalue weighted by molar-refractivity contribution is -0.137. The summed E-state index contributed by atoms with van der Waals surface area (Å²) in [5, 5.41) is 9.45. The molecule has 3 aromatic rings. The highest BCUT2D eigenvalue weighted by Crippen LogP contribution is 2.32. The van der Waals surface area contributed by atoms with Crippen LogP contribution in [0.25, 0.3) is 11.4 Å². The Morgan fingerprint density at radius 1 is 1.21 bits per heavy atom. The van der Waals surface area contributed by atoms with Crippen molar-refractivity contribution >= 4 is 29.9 Å². The third kappa shape index (κ3) is 7.52. The van der Waals surface area contributed by atoms with Crippen LogP contribution in [0.1, 0.15) is 54.9 Å². The molecule has 0 aliphatic heterocycles. The second-order valence-electron chi connectivity index (χ2n) is 8.63. The summed E-state index contributed by atoms with van der Waals surface area (Å²) in [7, 11) is 2.14. The van der Waals surface area contributed by atoms with Crippen molar-refractivity contribution in [3.63, 3.8) is 0 Å². The molecule has 0 saturated heterocycles. The Morgan fingerprint density at radius 2 is 1.97 bits per heavy atom. The molecule has 1 N–H and O–H groups in total. The van der Waals surface area contributed by atoms with Crippen LogP contribution in [0.2, 0.25) is 0 Å². The summed E-state index contributed by atoms with van der Waals surface area (Å²) in [5.41, 5.74) is 5.63. The molecule has 0 fully saturated rings. The zero-order chi connectivity index (χ0) is 24.0. The molecular formula is C26H34ClN3O3S. The first-order chi connectivity index (χ1) is 15.8. The second kappa shape index (κ2) is 12.8. The first-order valence-electron chi connectivity index (χ1n) is 11.4. The van der Waals surface area contributed by atoms with E-state index >= 15 is 0 Å². The minimum atomic E-state index is -0.771. The van der Waals surface area contributed by atoms with Crippen molar-refractivity contribution in [3.8, 4) is 22.3 Å². The molecule has 0 spiro atoms. The van der Waals surface area contributed by atoms with E-state index in [0.717, 1.165) is 42.0 Å². The lowest BCUT2D eigenvalue weighted by atomic mass is 9.95. The fourth-order valence-corrected chi connectivity index (χ4v) is 4.22. The Morgan fingerprint density at radius 3 is 2.68 bits per heavy atom. The van der Waals surface area contributed by atoms with E-state index in [2.05, 4.69) is 54.2 Å². The lowest BCUT2D eigenvalue weighted by Gasteiger charge is -2.16. The molecule has 2 aromatic carbocycles. The van der Waals surface area contributed by atoms with Gasteiger partial charge in [0.05, 0.1) is 0 Å². The molecule has 8 heteroatoms. The Hall–Kier alpha value is -2.48. The number of rotatable bonds is 11. The maximum atomic E-state index is 10.9. The van der Waals surface area contributed by atoms with Gasteiger partial charge in [-0.1, -0.05) is 38.1 Å². The third-order valence-corrected chi connectivity index (χ3v) is 6.64. The zero-order valence-corrected chi connectivity index (χ0v) is 22.1. The smallest absolute Gasteiger partial charge is 0.303 e. The van der Waals surface area contributed by atoms with Gasteiger partial charge in [-0.2, -0.15) is 9.36 Å². The molecule has 0 amide bonds. The molecule has 0 aliphatic rings. The van der Waals surface area contributed by atoms with Crippen LogP contribution in [-0.4, -0.2) is 45.5 Å². The van der Waals surface area contributed by atoms with Gasteiger partial charge in [-0.15, -0.1) is 12.4 Å². The highest BCUT2D eigenvalue weighted by Gasteiger charge is 2.14. The number of carbonyl (C=O) groups is 1. The molecule has 1 atom stereocenters. The largest absolute Gasteiger partial charge is 0.481 e. The molecule has 3 rings (SSSR count). The molecule has 0 radical (unpaired) electrons. The Bertz CT molecular complexity index is 1100. The van der Waals surface area contributed by atoms with E-state index in [-0.39, 0.29) is 24.7 Å². The van der Waals surface area contributed by atoms with Gasteiger partial charge in [0, 0.05) is 30.1 Å². The van der Waals surface area contributed by atoms with E-state index in [1.54, 1.807) is 0 Å². The number of ether oxygens (including phenoxy) is 1. The fraction of sp³-hybridized carbons (Fsp3) is 0.423. The third-order valence-electron chi connectivity index (χ3n) is 6.05. The quantitative estimate of drug-likeness (QED) is 0.322. The van der Waals surface area contributed by atoms with E-state index in [0.29, 0.717) is 17.4 Å². The maximum Gasteiger partial charge on any atom is 0.303 e. The van der Waals surface area contributed by atoms with Crippen molar-refractivity contribution in [1.29, 1.82) is 0 Å². The summed E-state index contributed by atoms with van der Waals surface area (Å²) in [4.78, 5) is 17.8. The van der Waals surface area contributed by atoms with Crippen LogP contribution >= 0.6 is 23.9 Å². The molecule has 0 bridgehead atoms. The van der Waals surface area contributed by atoms with Gasteiger partial charge in [0.25, 0.3) is 5.19 Å². The van der Waals surface area contributed by atoms with E-state index in [4.69, 9.17) is 9.84 Å². The Labute approximate surface area is 212 Å². The van der Waals surface area contributed by atoms with E-state index in [1.165, 1.54) is 22.7 Å². The van der Waals surface area contributed by atoms with Crippen LogP contribution in [0.4, 0.5) is 0 Å². The van der Waals surface area contributed by atoms with Crippen molar-refractivity contribution in [1.82, 2.24) is 14.3 Å². The van der Waals surface area contributed by atoms with Gasteiger partial charge in [-0.25, -0.2) is 0 Å². The monoisotopic (exact) mass is 503 g/mol. The minimum Gasteiger partial charge on any atom is -0.481 e. The van der Waals surface area contributed by atoms with Crippen molar-refractivity contribution in [2.45, 2.75) is 52.9 Å². The van der Waals surface area contributed by atoms with Gasteiger partial charge in [-0.3, -0.25) is 4.79 Å². The average molecular weight is 504 g/mol. The second-order valence-corrected chi connectivity index (χ2v) is 9.35. The van der Waals surface area contributed by atoms with Crippen LogP contribution in [0.3, 0.4) is 0 Å². The summed E-state index contributed by atoms with van der Waals surface area (Å²) in [6, 6.07) is 12.3. The number of likely N-dealkylation sites (N-methyl/N-ethyl adjacent to an activating group) is 1. The van der Waals surface area contributed by atoms with E-state index in [1.807, 2.05) is 31.2 Å². The minimum absolute atomic E-state index is 0. The number of aromatic nitrogens is 2. The molecule has 1 aromatic heterocycles. The van der Waals surface area contributed by atoms with Crippen LogP contribution in [-0.2, 0) is 11.2 Å². The number of carboxylic acid groups (broad SMARTS) is 1. The number of hydrogen-bond acceptors (Lipinski definition) is 6. The van der Waals surface area contributed by atoms with E-state index in [9.17, 15) is 4.79 Å². The molecule has 6 nitrogen and oxygen atoms in total. The van der Waals surface area contributed by atoms with E-state index < -0.39 is 5.97 Å². The van der Waals surface area contributed by atoms with Gasteiger partial charge >= 0.3 is 5.97 Å². The molecule has 34 heavy (non-hydrogen) atoms. The van der Waals surface area contributed by atoms with Crippen LogP contribution < -0.4 is 4.74 Å². The van der Waals surface area contributed by atoms with Crippen LogP contribution in [0.5, 0.6) is 10.9 Å². The van der Waals surface area contributed by atoms with Gasteiger partial charge in [0.15, 0.2) is 5.82 Å². The number of aryl methyl sites for hydroxylation is 2. The Kier molecular flexibility index (Phi) is 10.5. The first kappa shape index (κ1) is 27.8.